The number of nitrogens with zero attached hydrogens (tertiary/aromatic N) is 3. The number of ether oxygens (including phenoxy) is 1. The molecule has 1 aromatic heterocycles. The molecule has 1 heterocycles. The van der Waals surface area contributed by atoms with Gasteiger partial charge in [-0.1, -0.05) is 28.1 Å². The standard InChI is InChI=1S/C26H33Br2N5O/c1-4-34-24-18(13-19(27)14-22(24)28)16-29-15-17-9-11-20(12-10-17)30-26-31-23-8-6-5-7-21(23)25(32-26)33(2)3/h5-8,13-14,17,20,29H,4,9-12,15-16H2,1-3H3,(H,30,31,32)/t17-,20-. The van der Waals surface area contributed by atoms with Gasteiger partial charge in [0, 0.05) is 42.1 Å². The molecule has 0 saturated heterocycles. The molecule has 0 radical (unpaired) electrons. The van der Waals surface area contributed by atoms with Crippen molar-refractivity contribution in [2.75, 3.05) is 37.5 Å². The molecule has 0 atom stereocenters. The van der Waals surface area contributed by atoms with E-state index >= 15 is 0 Å². The molecule has 3 aromatic rings. The van der Waals surface area contributed by atoms with Gasteiger partial charge in [0.15, 0.2) is 0 Å². The Hall–Kier alpha value is -1.90. The third kappa shape index (κ3) is 6.20. The first-order chi connectivity index (χ1) is 16.4. The first kappa shape index (κ1) is 25.2. The Morgan fingerprint density at radius 3 is 2.56 bits per heavy atom. The van der Waals surface area contributed by atoms with Gasteiger partial charge >= 0.3 is 0 Å². The van der Waals surface area contributed by atoms with Gasteiger partial charge in [-0.05, 0) is 85.3 Å². The van der Waals surface area contributed by atoms with Gasteiger partial charge < -0.3 is 20.3 Å². The van der Waals surface area contributed by atoms with Crippen LogP contribution in [0.25, 0.3) is 10.9 Å². The first-order valence-electron chi connectivity index (χ1n) is 12.0. The highest BCUT2D eigenvalue weighted by molar-refractivity contribution is 9.11. The minimum absolute atomic E-state index is 0.415. The van der Waals surface area contributed by atoms with Crippen molar-refractivity contribution in [1.82, 2.24) is 15.3 Å². The lowest BCUT2D eigenvalue weighted by molar-refractivity contribution is 0.318. The molecule has 34 heavy (non-hydrogen) atoms. The van der Waals surface area contributed by atoms with E-state index in [1.165, 1.54) is 18.4 Å². The van der Waals surface area contributed by atoms with E-state index in [0.717, 1.165) is 63.3 Å². The molecule has 1 aliphatic rings. The summed E-state index contributed by atoms with van der Waals surface area (Å²) in [6.45, 7) is 4.48. The molecule has 0 aliphatic heterocycles. The molecule has 2 aromatic carbocycles. The van der Waals surface area contributed by atoms with Crippen LogP contribution in [0.15, 0.2) is 45.3 Å². The molecule has 0 spiro atoms. The third-order valence-corrected chi connectivity index (χ3v) is 7.36. The van der Waals surface area contributed by atoms with Crippen molar-refractivity contribution in [3.8, 4) is 5.75 Å². The van der Waals surface area contributed by atoms with Crippen LogP contribution in [0, 0.1) is 5.92 Å². The molecule has 0 unspecified atom stereocenters. The predicted octanol–water partition coefficient (Wildman–Crippen LogP) is 6.38. The molecule has 4 rings (SSSR count). The van der Waals surface area contributed by atoms with Crippen LogP contribution in [-0.2, 0) is 6.54 Å². The van der Waals surface area contributed by atoms with Crippen molar-refractivity contribution < 1.29 is 4.74 Å². The summed E-state index contributed by atoms with van der Waals surface area (Å²) < 4.78 is 7.90. The number of fused-ring (bicyclic) bond motifs is 1. The lowest BCUT2D eigenvalue weighted by atomic mass is 9.86. The largest absolute Gasteiger partial charge is 0.492 e. The topological polar surface area (TPSA) is 62.3 Å². The van der Waals surface area contributed by atoms with Gasteiger partial charge in [0.1, 0.15) is 11.6 Å². The van der Waals surface area contributed by atoms with Crippen molar-refractivity contribution in [3.63, 3.8) is 0 Å². The summed E-state index contributed by atoms with van der Waals surface area (Å²) in [4.78, 5) is 11.6. The Labute approximate surface area is 219 Å². The second kappa shape index (κ2) is 11.7. The highest BCUT2D eigenvalue weighted by atomic mass is 79.9. The van der Waals surface area contributed by atoms with Crippen molar-refractivity contribution in [3.05, 3.63) is 50.9 Å². The number of halogens is 2. The molecule has 1 saturated carbocycles. The third-order valence-electron chi connectivity index (χ3n) is 6.31. The van der Waals surface area contributed by atoms with Crippen LogP contribution < -0.4 is 20.3 Å². The summed E-state index contributed by atoms with van der Waals surface area (Å²) in [7, 11) is 4.06. The Kier molecular flexibility index (Phi) is 8.66. The molecule has 6 nitrogen and oxygen atoms in total. The van der Waals surface area contributed by atoms with Crippen LogP contribution >= 0.6 is 31.9 Å². The lowest BCUT2D eigenvalue weighted by Gasteiger charge is -2.29. The van der Waals surface area contributed by atoms with Crippen LogP contribution in [0.3, 0.4) is 0 Å². The van der Waals surface area contributed by atoms with E-state index in [4.69, 9.17) is 14.7 Å². The number of aromatic nitrogens is 2. The smallest absolute Gasteiger partial charge is 0.225 e. The fourth-order valence-corrected chi connectivity index (χ4v) is 6.05. The Bertz CT molecular complexity index is 1120. The Morgan fingerprint density at radius 1 is 1.06 bits per heavy atom. The lowest BCUT2D eigenvalue weighted by Crippen LogP contribution is -2.31. The number of anilines is 2. The quantitative estimate of drug-likeness (QED) is 0.301. The van der Waals surface area contributed by atoms with Gasteiger partial charge in [0.25, 0.3) is 0 Å². The van der Waals surface area contributed by atoms with Crippen molar-refractivity contribution in [2.24, 2.45) is 5.92 Å². The van der Waals surface area contributed by atoms with Crippen LogP contribution in [0.4, 0.5) is 11.8 Å². The van der Waals surface area contributed by atoms with Crippen LogP contribution in [0.2, 0.25) is 0 Å². The highest BCUT2D eigenvalue weighted by Crippen LogP contribution is 2.33. The maximum atomic E-state index is 5.86. The summed E-state index contributed by atoms with van der Waals surface area (Å²) in [6, 6.07) is 12.8. The van der Waals surface area contributed by atoms with Gasteiger partial charge in [0.05, 0.1) is 16.6 Å². The average Bonchev–Trinajstić information content (AvgIpc) is 2.81. The molecule has 0 bridgehead atoms. The van der Waals surface area contributed by atoms with E-state index in [1.54, 1.807) is 0 Å². The number of rotatable bonds is 9. The molecule has 8 heteroatoms. The number of hydrogen-bond acceptors (Lipinski definition) is 6. The molecule has 1 aliphatic carbocycles. The van der Waals surface area contributed by atoms with E-state index in [9.17, 15) is 0 Å². The second-order valence-corrected chi connectivity index (χ2v) is 10.9. The minimum atomic E-state index is 0.415. The number of para-hydroxylation sites is 1. The summed E-state index contributed by atoms with van der Waals surface area (Å²) in [5.74, 6) is 3.29. The van der Waals surface area contributed by atoms with E-state index < -0.39 is 0 Å². The van der Waals surface area contributed by atoms with E-state index in [-0.39, 0.29) is 0 Å². The van der Waals surface area contributed by atoms with Crippen molar-refractivity contribution >= 4 is 54.5 Å². The van der Waals surface area contributed by atoms with Crippen LogP contribution in [0.1, 0.15) is 38.2 Å². The summed E-state index contributed by atoms with van der Waals surface area (Å²) >= 11 is 7.22. The normalized spacial score (nSPS) is 18.1. The fourth-order valence-electron chi connectivity index (χ4n) is 4.62. The summed E-state index contributed by atoms with van der Waals surface area (Å²) in [5.41, 5.74) is 2.15. The van der Waals surface area contributed by atoms with Crippen LogP contribution in [0.5, 0.6) is 5.75 Å². The fraction of sp³-hybridized carbons (Fsp3) is 0.462. The molecule has 0 amide bonds. The zero-order chi connectivity index (χ0) is 24.1. The number of hydrogen-bond donors (Lipinski definition) is 2. The molecular weight excluding hydrogens is 558 g/mol. The summed E-state index contributed by atoms with van der Waals surface area (Å²) in [6.07, 6.45) is 4.65. The molecule has 2 N–H and O–H groups in total. The van der Waals surface area contributed by atoms with Gasteiger partial charge in [0.2, 0.25) is 5.95 Å². The average molecular weight is 591 g/mol. The van der Waals surface area contributed by atoms with E-state index in [2.05, 4.69) is 65.6 Å². The van der Waals surface area contributed by atoms with E-state index in [0.29, 0.717) is 18.6 Å². The SMILES string of the molecule is CCOc1c(Br)cc(Br)cc1CNC[C@H]1CC[C@H](Nc2nc(N(C)C)c3ccccc3n2)CC1. The van der Waals surface area contributed by atoms with Gasteiger partial charge in [-0.2, -0.15) is 4.98 Å². The Balaban J connectivity index is 1.30. The number of benzene rings is 2. The zero-order valence-electron chi connectivity index (χ0n) is 20.1. The van der Waals surface area contributed by atoms with Crippen molar-refractivity contribution in [1.29, 1.82) is 0 Å². The predicted molar refractivity (Wildman–Crippen MR) is 148 cm³/mol. The maximum Gasteiger partial charge on any atom is 0.225 e. The van der Waals surface area contributed by atoms with Gasteiger partial charge in [-0.3, -0.25) is 0 Å². The van der Waals surface area contributed by atoms with Gasteiger partial charge in [-0.25, -0.2) is 4.98 Å². The summed E-state index contributed by atoms with van der Waals surface area (Å²) in [5, 5.41) is 8.35. The first-order valence-corrected chi connectivity index (χ1v) is 13.5. The molecule has 1 fully saturated rings. The van der Waals surface area contributed by atoms with E-state index in [1.807, 2.05) is 39.2 Å². The second-order valence-electron chi connectivity index (χ2n) is 9.08. The number of nitrogens with one attached hydrogen (secondary N) is 2. The highest BCUT2D eigenvalue weighted by Gasteiger charge is 2.22. The maximum absolute atomic E-state index is 5.86. The van der Waals surface area contributed by atoms with Gasteiger partial charge in [-0.15, -0.1) is 0 Å². The van der Waals surface area contributed by atoms with Crippen molar-refractivity contribution in [2.45, 2.75) is 45.2 Å². The Morgan fingerprint density at radius 2 is 1.82 bits per heavy atom. The molecular formula is C26H33Br2N5O. The van der Waals surface area contributed by atoms with Crippen LogP contribution in [-0.4, -0.2) is 43.3 Å². The monoisotopic (exact) mass is 589 g/mol. The molecule has 182 valence electrons. The zero-order valence-corrected chi connectivity index (χ0v) is 23.2. The minimum Gasteiger partial charge on any atom is -0.492 e.